The number of carbonyl (C=O) groups excluding carboxylic acids is 1. The van der Waals surface area contributed by atoms with E-state index in [0.29, 0.717) is 5.75 Å². The normalized spacial score (nSPS) is 11.9. The summed E-state index contributed by atoms with van der Waals surface area (Å²) in [7, 11) is 1.86. The van der Waals surface area contributed by atoms with Crippen LogP contribution in [0.4, 0.5) is 5.69 Å². The van der Waals surface area contributed by atoms with Crippen molar-refractivity contribution in [3.05, 3.63) is 60.2 Å². The predicted molar refractivity (Wildman–Crippen MR) is 133 cm³/mol. The van der Waals surface area contributed by atoms with E-state index in [1.165, 1.54) is 17.4 Å². The number of carbonyl (C=O) groups is 1. The minimum Gasteiger partial charge on any atom is -0.372 e. The molecule has 6 nitrogen and oxygen atoms in total. The van der Waals surface area contributed by atoms with Gasteiger partial charge in [0.1, 0.15) is 0 Å². The van der Waals surface area contributed by atoms with Gasteiger partial charge in [-0.15, -0.1) is 10.2 Å². The fourth-order valence-electron chi connectivity index (χ4n) is 3.70. The van der Waals surface area contributed by atoms with Crippen molar-refractivity contribution >= 4 is 23.4 Å². The number of amides is 1. The van der Waals surface area contributed by atoms with Crippen molar-refractivity contribution in [2.24, 2.45) is 0 Å². The zero-order valence-electron chi connectivity index (χ0n) is 19.7. The minimum atomic E-state index is 0.0215. The zero-order valence-corrected chi connectivity index (χ0v) is 20.5. The van der Waals surface area contributed by atoms with Crippen LogP contribution in [0.25, 0.3) is 11.4 Å². The second-order valence-electron chi connectivity index (χ2n) is 7.65. The van der Waals surface area contributed by atoms with Crippen LogP contribution in [0.1, 0.15) is 39.3 Å². The first-order valence-corrected chi connectivity index (χ1v) is 12.2. The van der Waals surface area contributed by atoms with E-state index in [4.69, 9.17) is 0 Å². The van der Waals surface area contributed by atoms with Gasteiger partial charge in [-0.2, -0.15) is 0 Å². The van der Waals surface area contributed by atoms with Crippen LogP contribution in [-0.2, 0) is 11.3 Å². The second-order valence-corrected chi connectivity index (χ2v) is 8.59. The van der Waals surface area contributed by atoms with Crippen molar-refractivity contribution in [2.45, 2.75) is 45.4 Å². The maximum absolute atomic E-state index is 12.8. The quantitative estimate of drug-likeness (QED) is 0.400. The molecule has 170 valence electrons. The lowest BCUT2D eigenvalue weighted by Crippen LogP contribution is -2.31. The molecule has 7 heteroatoms. The molecule has 0 saturated carbocycles. The fraction of sp³-hybridized carbons (Fsp3) is 0.400. The molecule has 0 fully saturated rings. The molecule has 3 aromatic rings. The maximum atomic E-state index is 12.8. The van der Waals surface area contributed by atoms with Gasteiger partial charge in [0, 0.05) is 37.9 Å². The van der Waals surface area contributed by atoms with E-state index >= 15 is 0 Å². The van der Waals surface area contributed by atoms with Crippen LogP contribution < -0.4 is 4.90 Å². The van der Waals surface area contributed by atoms with Crippen molar-refractivity contribution in [1.29, 1.82) is 0 Å². The summed E-state index contributed by atoms with van der Waals surface area (Å²) in [6.45, 7) is 11.1. The Labute approximate surface area is 195 Å². The van der Waals surface area contributed by atoms with E-state index < -0.39 is 0 Å². The number of hydrogen-bond acceptors (Lipinski definition) is 5. The molecular formula is C25H33N5OS. The van der Waals surface area contributed by atoms with Crippen molar-refractivity contribution < 1.29 is 4.79 Å². The molecule has 1 heterocycles. The Morgan fingerprint density at radius 1 is 1.00 bits per heavy atom. The van der Waals surface area contributed by atoms with Crippen LogP contribution in [0.15, 0.2) is 59.8 Å². The summed E-state index contributed by atoms with van der Waals surface area (Å²) in [5, 5.41) is 9.58. The molecular weight excluding hydrogens is 418 g/mol. The van der Waals surface area contributed by atoms with Crippen LogP contribution in [0.5, 0.6) is 0 Å². The first-order chi connectivity index (χ1) is 15.5. The predicted octanol–water partition coefficient (Wildman–Crippen LogP) is 5.12. The number of aromatic nitrogens is 3. The first kappa shape index (κ1) is 23.9. The van der Waals surface area contributed by atoms with Crippen molar-refractivity contribution in [3.8, 4) is 11.4 Å². The maximum Gasteiger partial charge on any atom is 0.233 e. The van der Waals surface area contributed by atoms with Gasteiger partial charge in [-0.25, -0.2) is 0 Å². The highest BCUT2D eigenvalue weighted by molar-refractivity contribution is 7.99. The van der Waals surface area contributed by atoms with Gasteiger partial charge in [0.25, 0.3) is 0 Å². The molecule has 1 amide bonds. The zero-order chi connectivity index (χ0) is 23.1. The average Bonchev–Trinajstić information content (AvgIpc) is 3.26. The molecule has 0 spiro atoms. The van der Waals surface area contributed by atoms with E-state index in [9.17, 15) is 4.79 Å². The molecule has 0 N–H and O–H groups in total. The Hall–Kier alpha value is -2.80. The molecule has 1 aromatic heterocycles. The molecule has 0 bridgehead atoms. The summed E-state index contributed by atoms with van der Waals surface area (Å²) in [5.74, 6) is 1.23. The molecule has 3 rings (SSSR count). The van der Waals surface area contributed by atoms with Gasteiger partial charge >= 0.3 is 0 Å². The van der Waals surface area contributed by atoms with E-state index in [1.807, 2.05) is 44.3 Å². The summed E-state index contributed by atoms with van der Waals surface area (Å²) in [5.41, 5.74) is 3.36. The van der Waals surface area contributed by atoms with Crippen LogP contribution in [0.3, 0.4) is 0 Å². The molecule has 1 atom stereocenters. The summed E-state index contributed by atoms with van der Waals surface area (Å²) in [4.78, 5) is 16.9. The number of anilines is 1. The highest BCUT2D eigenvalue weighted by Crippen LogP contribution is 2.27. The van der Waals surface area contributed by atoms with Gasteiger partial charge in [0.15, 0.2) is 11.0 Å². The highest BCUT2D eigenvalue weighted by atomic mass is 32.2. The highest BCUT2D eigenvalue weighted by Gasteiger charge is 2.20. The van der Waals surface area contributed by atoms with E-state index in [0.717, 1.165) is 41.7 Å². The Kier molecular flexibility index (Phi) is 8.33. The van der Waals surface area contributed by atoms with E-state index in [-0.39, 0.29) is 11.9 Å². The molecule has 0 aliphatic carbocycles. The van der Waals surface area contributed by atoms with Crippen molar-refractivity contribution in [2.75, 3.05) is 30.8 Å². The van der Waals surface area contributed by atoms with E-state index in [2.05, 4.69) is 64.7 Å². The third-order valence-electron chi connectivity index (χ3n) is 5.87. The Balaban J connectivity index is 1.69. The first-order valence-electron chi connectivity index (χ1n) is 11.2. The molecule has 0 saturated heterocycles. The van der Waals surface area contributed by atoms with Gasteiger partial charge in [-0.05, 0) is 57.5 Å². The SMILES string of the molecule is CCN(CC)c1ccc(-c2nnc(SCC(=O)N(C)C(C)c3ccccc3)n2CC)cc1. The number of thioether (sulfide) groups is 1. The summed E-state index contributed by atoms with van der Waals surface area (Å²) in [6.07, 6.45) is 0. The van der Waals surface area contributed by atoms with Gasteiger partial charge in [-0.3, -0.25) is 4.79 Å². The fourth-order valence-corrected chi connectivity index (χ4v) is 4.63. The summed E-state index contributed by atoms with van der Waals surface area (Å²) in [6, 6.07) is 18.6. The van der Waals surface area contributed by atoms with Crippen LogP contribution in [0.2, 0.25) is 0 Å². The molecule has 0 aliphatic rings. The Morgan fingerprint density at radius 2 is 1.66 bits per heavy atom. The molecule has 2 aromatic carbocycles. The Morgan fingerprint density at radius 3 is 2.25 bits per heavy atom. The van der Waals surface area contributed by atoms with Gasteiger partial charge in [0.2, 0.25) is 5.91 Å². The smallest absolute Gasteiger partial charge is 0.233 e. The molecule has 1 unspecified atom stereocenters. The van der Waals surface area contributed by atoms with Gasteiger partial charge < -0.3 is 14.4 Å². The minimum absolute atomic E-state index is 0.0215. The standard InChI is InChI=1S/C25H33N5OS/c1-6-29(7-2)22-16-14-21(15-17-22)24-26-27-25(30(24)8-3)32-18-23(31)28(5)19(4)20-12-10-9-11-13-20/h9-17,19H,6-8,18H2,1-5H3. The number of rotatable bonds is 10. The third kappa shape index (κ3) is 5.33. The number of hydrogen-bond donors (Lipinski definition) is 0. The topological polar surface area (TPSA) is 54.3 Å². The van der Waals surface area contributed by atoms with Crippen molar-refractivity contribution in [1.82, 2.24) is 19.7 Å². The van der Waals surface area contributed by atoms with Gasteiger partial charge in [0.05, 0.1) is 11.8 Å². The summed E-state index contributed by atoms with van der Waals surface area (Å²) < 4.78 is 2.07. The lowest BCUT2D eigenvalue weighted by Gasteiger charge is -2.25. The Bertz CT molecular complexity index is 999. The van der Waals surface area contributed by atoms with Crippen LogP contribution in [-0.4, -0.2) is 51.5 Å². The molecule has 32 heavy (non-hydrogen) atoms. The lowest BCUT2D eigenvalue weighted by atomic mass is 10.1. The van der Waals surface area contributed by atoms with Crippen LogP contribution >= 0.6 is 11.8 Å². The largest absolute Gasteiger partial charge is 0.372 e. The monoisotopic (exact) mass is 451 g/mol. The third-order valence-corrected chi connectivity index (χ3v) is 6.82. The second kappa shape index (κ2) is 11.2. The average molecular weight is 452 g/mol. The lowest BCUT2D eigenvalue weighted by molar-refractivity contribution is -0.128. The number of nitrogens with zero attached hydrogens (tertiary/aromatic N) is 5. The van der Waals surface area contributed by atoms with Gasteiger partial charge in [-0.1, -0.05) is 42.1 Å². The number of benzene rings is 2. The molecule has 0 aliphatic heterocycles. The summed E-state index contributed by atoms with van der Waals surface area (Å²) >= 11 is 1.44. The van der Waals surface area contributed by atoms with Crippen LogP contribution in [0, 0.1) is 0 Å². The van der Waals surface area contributed by atoms with Crippen molar-refractivity contribution in [3.63, 3.8) is 0 Å². The molecule has 0 radical (unpaired) electrons. The van der Waals surface area contributed by atoms with E-state index in [1.54, 1.807) is 4.90 Å².